The summed E-state index contributed by atoms with van der Waals surface area (Å²) in [5, 5.41) is 8.98. The third kappa shape index (κ3) is 3.60. The number of amides is 1. The molecule has 136 valence electrons. The van der Waals surface area contributed by atoms with Crippen LogP contribution in [0, 0.1) is 5.92 Å². The number of benzene rings is 1. The van der Waals surface area contributed by atoms with E-state index in [0.29, 0.717) is 11.3 Å². The van der Waals surface area contributed by atoms with Gasteiger partial charge in [0.1, 0.15) is 13.7 Å². The van der Waals surface area contributed by atoms with Gasteiger partial charge in [0, 0.05) is 30.9 Å². The third-order valence-electron chi connectivity index (χ3n) is 5.30. The molecule has 1 aliphatic rings. The maximum Gasteiger partial charge on any atom is 0.228 e. The molecule has 0 bridgehead atoms. The van der Waals surface area contributed by atoms with Crippen LogP contribution >= 0.6 is 0 Å². The normalized spacial score (nSPS) is 15.9. The van der Waals surface area contributed by atoms with E-state index in [1.54, 1.807) is 10.9 Å². The van der Waals surface area contributed by atoms with Crippen molar-refractivity contribution in [2.45, 2.75) is 12.8 Å². The van der Waals surface area contributed by atoms with E-state index in [1.807, 2.05) is 37.6 Å². The first-order chi connectivity index (χ1) is 13.0. The van der Waals surface area contributed by atoms with Crippen molar-refractivity contribution in [1.82, 2.24) is 19.7 Å². The summed E-state index contributed by atoms with van der Waals surface area (Å²) in [4.78, 5) is 19.2. The molecule has 1 amide bonds. The van der Waals surface area contributed by atoms with Gasteiger partial charge in [0.25, 0.3) is 0 Å². The highest BCUT2D eigenvalue weighted by atomic mass is 16.1. The van der Waals surface area contributed by atoms with E-state index < -0.39 is 0 Å². The Morgan fingerprint density at radius 1 is 1.19 bits per heavy atom. The van der Waals surface area contributed by atoms with E-state index in [1.165, 1.54) is 0 Å². The lowest BCUT2D eigenvalue weighted by Gasteiger charge is -2.28. The second-order valence-electron chi connectivity index (χ2n) is 7.29. The monoisotopic (exact) mass is 359 g/mol. The molecule has 2 radical (unpaired) electrons. The molecule has 7 heteroatoms. The zero-order chi connectivity index (χ0) is 19.0. The van der Waals surface area contributed by atoms with Crippen LogP contribution in [0.2, 0.25) is 0 Å². The second kappa shape index (κ2) is 7.16. The molecular weight excluding hydrogens is 337 g/mol. The fraction of sp³-hybridized carbons (Fsp3) is 0.350. The number of pyridine rings is 1. The van der Waals surface area contributed by atoms with Crippen molar-refractivity contribution < 1.29 is 4.79 Å². The summed E-state index contributed by atoms with van der Waals surface area (Å²) in [6, 6.07) is 6.04. The first-order valence-electron chi connectivity index (χ1n) is 9.18. The topological polar surface area (TPSA) is 63.1 Å². The van der Waals surface area contributed by atoms with Gasteiger partial charge in [-0.15, -0.1) is 0 Å². The summed E-state index contributed by atoms with van der Waals surface area (Å²) in [5.74, 6) is 0.458. The first-order valence-corrected chi connectivity index (χ1v) is 9.18. The van der Waals surface area contributed by atoms with E-state index in [0.717, 1.165) is 47.8 Å². The number of hydrogen-bond donors (Lipinski definition) is 1. The molecule has 6 nitrogen and oxygen atoms in total. The minimum absolute atomic E-state index is 0.00469. The molecular formula is C20H22BN5O. The molecule has 0 aliphatic carbocycles. The van der Waals surface area contributed by atoms with E-state index in [4.69, 9.17) is 7.85 Å². The third-order valence-corrected chi connectivity index (χ3v) is 5.30. The highest BCUT2D eigenvalue weighted by molar-refractivity contribution is 6.42. The van der Waals surface area contributed by atoms with Gasteiger partial charge in [0.05, 0.1) is 6.20 Å². The number of rotatable bonds is 3. The average molecular weight is 359 g/mol. The smallest absolute Gasteiger partial charge is 0.228 e. The second-order valence-corrected chi connectivity index (χ2v) is 7.29. The van der Waals surface area contributed by atoms with Gasteiger partial charge in [-0.05, 0) is 60.8 Å². The molecule has 27 heavy (non-hydrogen) atoms. The van der Waals surface area contributed by atoms with Crippen LogP contribution in [-0.4, -0.2) is 53.6 Å². The zero-order valence-electron chi connectivity index (χ0n) is 15.6. The number of anilines is 1. The Morgan fingerprint density at radius 3 is 2.67 bits per heavy atom. The predicted molar refractivity (Wildman–Crippen MR) is 108 cm³/mol. The summed E-state index contributed by atoms with van der Waals surface area (Å²) < 4.78 is 1.77. The van der Waals surface area contributed by atoms with Crippen LogP contribution in [0.15, 0.2) is 36.8 Å². The highest BCUT2D eigenvalue weighted by Gasteiger charge is 2.24. The number of nitrogens with one attached hydrogen (secondary N) is 1. The van der Waals surface area contributed by atoms with Crippen molar-refractivity contribution >= 4 is 35.8 Å². The van der Waals surface area contributed by atoms with Crippen LogP contribution < -0.4 is 10.8 Å². The number of piperidine rings is 1. The minimum Gasteiger partial charge on any atom is -0.311 e. The zero-order valence-corrected chi connectivity index (χ0v) is 15.6. The quantitative estimate of drug-likeness (QED) is 0.724. The molecule has 0 saturated carbocycles. The standard InChI is InChI=1S/C20H22BN5O/c1-25-7-5-13(6-8-25)20(27)24-19-18(21)17-9-14(3-4-15(17)10-22-19)16-11-23-26(2)12-16/h3-4,9-13H,5-8H2,1-2H3,(H,22,24,27). The number of aryl methyl sites for hydroxylation is 1. The van der Waals surface area contributed by atoms with Crippen LogP contribution in [-0.2, 0) is 11.8 Å². The molecule has 1 aromatic carbocycles. The average Bonchev–Trinajstić information content (AvgIpc) is 3.11. The van der Waals surface area contributed by atoms with Crippen LogP contribution in [0.3, 0.4) is 0 Å². The molecule has 2 aromatic heterocycles. The summed E-state index contributed by atoms with van der Waals surface area (Å²) in [7, 11) is 10.3. The molecule has 4 rings (SSSR count). The maximum absolute atomic E-state index is 12.6. The van der Waals surface area contributed by atoms with Gasteiger partial charge >= 0.3 is 0 Å². The van der Waals surface area contributed by atoms with Crippen molar-refractivity contribution in [3.05, 3.63) is 36.8 Å². The van der Waals surface area contributed by atoms with E-state index in [2.05, 4.69) is 27.3 Å². The summed E-state index contributed by atoms with van der Waals surface area (Å²) in [6.07, 6.45) is 7.26. The van der Waals surface area contributed by atoms with Gasteiger partial charge in [-0.1, -0.05) is 12.1 Å². The van der Waals surface area contributed by atoms with E-state index >= 15 is 0 Å². The number of carbonyl (C=O) groups excluding carboxylic acids is 1. The number of hydrogen-bond acceptors (Lipinski definition) is 4. The number of carbonyl (C=O) groups is 1. The molecule has 1 N–H and O–H groups in total. The number of nitrogens with zero attached hydrogens (tertiary/aromatic N) is 4. The fourth-order valence-corrected chi connectivity index (χ4v) is 3.57. The van der Waals surface area contributed by atoms with E-state index in [-0.39, 0.29) is 11.8 Å². The molecule has 1 fully saturated rings. The fourth-order valence-electron chi connectivity index (χ4n) is 3.57. The van der Waals surface area contributed by atoms with Gasteiger partial charge in [-0.25, -0.2) is 4.98 Å². The first kappa shape index (κ1) is 17.7. The van der Waals surface area contributed by atoms with Crippen LogP contribution in [0.1, 0.15) is 12.8 Å². The molecule has 1 aliphatic heterocycles. The predicted octanol–water partition coefficient (Wildman–Crippen LogP) is 1.71. The van der Waals surface area contributed by atoms with Crippen LogP contribution in [0.4, 0.5) is 5.82 Å². The van der Waals surface area contributed by atoms with Crippen molar-refractivity contribution in [1.29, 1.82) is 0 Å². The minimum atomic E-state index is 0.00469. The van der Waals surface area contributed by atoms with Gasteiger partial charge in [-0.3, -0.25) is 9.48 Å². The number of aromatic nitrogens is 3. The Kier molecular flexibility index (Phi) is 4.70. The molecule has 3 aromatic rings. The number of fused-ring (bicyclic) bond motifs is 1. The van der Waals surface area contributed by atoms with Crippen molar-refractivity contribution in [2.24, 2.45) is 13.0 Å². The maximum atomic E-state index is 12.6. The molecule has 0 unspecified atom stereocenters. The Hall–Kier alpha value is -2.67. The van der Waals surface area contributed by atoms with Gasteiger partial charge in [0.15, 0.2) is 0 Å². The lowest BCUT2D eigenvalue weighted by Crippen LogP contribution is -2.36. The van der Waals surface area contributed by atoms with Gasteiger partial charge in [-0.2, -0.15) is 5.10 Å². The Labute approximate surface area is 160 Å². The SMILES string of the molecule is [B]c1c(NC(=O)C2CCN(C)CC2)ncc2ccc(-c3cnn(C)c3)cc12. The molecule has 3 heterocycles. The highest BCUT2D eigenvalue weighted by Crippen LogP contribution is 2.24. The summed E-state index contributed by atoms with van der Waals surface area (Å²) >= 11 is 0. The Bertz CT molecular complexity index is 991. The van der Waals surface area contributed by atoms with Gasteiger partial charge < -0.3 is 10.2 Å². The van der Waals surface area contributed by atoms with Crippen LogP contribution in [0.25, 0.3) is 21.9 Å². The lowest BCUT2D eigenvalue weighted by atomic mass is 9.89. The van der Waals surface area contributed by atoms with Crippen molar-refractivity contribution in [2.75, 3.05) is 25.5 Å². The van der Waals surface area contributed by atoms with Gasteiger partial charge in [0.2, 0.25) is 5.91 Å². The molecule has 0 spiro atoms. The van der Waals surface area contributed by atoms with Crippen LogP contribution in [0.5, 0.6) is 0 Å². The van der Waals surface area contributed by atoms with Crippen molar-refractivity contribution in [3.8, 4) is 11.1 Å². The molecule has 1 saturated heterocycles. The number of likely N-dealkylation sites (tertiary alicyclic amines) is 1. The summed E-state index contributed by atoms with van der Waals surface area (Å²) in [6.45, 7) is 1.88. The Morgan fingerprint density at radius 2 is 1.96 bits per heavy atom. The van der Waals surface area contributed by atoms with Crippen molar-refractivity contribution in [3.63, 3.8) is 0 Å². The largest absolute Gasteiger partial charge is 0.311 e. The summed E-state index contributed by atoms with van der Waals surface area (Å²) in [5.41, 5.74) is 2.55. The van der Waals surface area contributed by atoms with E-state index in [9.17, 15) is 4.79 Å². The lowest BCUT2D eigenvalue weighted by molar-refractivity contribution is -0.121. The molecule has 0 atom stereocenters. The Balaban J connectivity index is 1.61.